The van der Waals surface area contributed by atoms with Crippen LogP contribution in [0.3, 0.4) is 0 Å². The minimum Gasteiger partial charge on any atom is -0.480 e. The average Bonchev–Trinajstić information content (AvgIpc) is 3.12. The molecule has 1 heterocycles. The summed E-state index contributed by atoms with van der Waals surface area (Å²) in [5, 5.41) is 15.8. The van der Waals surface area contributed by atoms with Crippen LogP contribution in [0, 0.1) is 6.92 Å². The number of carbonyl (C=O) groups is 3. The third-order valence-corrected chi connectivity index (χ3v) is 4.61. The molecule has 8 heteroatoms. The largest absolute Gasteiger partial charge is 0.480 e. The van der Waals surface area contributed by atoms with Gasteiger partial charge in [-0.2, -0.15) is 12.6 Å². The Morgan fingerprint density at radius 1 is 1.23 bits per heavy atom. The predicted octanol–water partition coefficient (Wildman–Crippen LogP) is 2.33. The highest BCUT2D eigenvalue weighted by atomic mass is 32.1. The number of nitrogens with one attached hydrogen (secondary N) is 2. The van der Waals surface area contributed by atoms with Crippen molar-refractivity contribution in [2.75, 3.05) is 5.75 Å². The maximum Gasteiger partial charge on any atom is 0.327 e. The summed E-state index contributed by atoms with van der Waals surface area (Å²) in [4.78, 5) is 36.8. The Balaban J connectivity index is 2.24. The molecule has 6 nitrogen and oxygen atoms in total. The third-order valence-electron chi connectivity index (χ3n) is 3.42. The second kappa shape index (κ2) is 9.21. The Morgan fingerprint density at radius 3 is 2.46 bits per heavy atom. The lowest BCUT2D eigenvalue weighted by atomic mass is 10.1. The van der Waals surface area contributed by atoms with Gasteiger partial charge in [-0.15, -0.1) is 11.3 Å². The lowest BCUT2D eigenvalue weighted by Gasteiger charge is -2.15. The zero-order chi connectivity index (χ0) is 19.1. The first-order valence-electron chi connectivity index (χ1n) is 7.68. The summed E-state index contributed by atoms with van der Waals surface area (Å²) in [6.07, 6.45) is 1.50. The van der Waals surface area contributed by atoms with Crippen LogP contribution in [0.1, 0.15) is 20.8 Å². The van der Waals surface area contributed by atoms with Gasteiger partial charge in [-0.05, 0) is 36.6 Å². The van der Waals surface area contributed by atoms with Gasteiger partial charge < -0.3 is 15.7 Å². The van der Waals surface area contributed by atoms with Gasteiger partial charge in [0, 0.05) is 16.2 Å². The number of benzene rings is 1. The van der Waals surface area contributed by atoms with Crippen molar-refractivity contribution < 1.29 is 19.5 Å². The van der Waals surface area contributed by atoms with E-state index in [1.165, 1.54) is 17.4 Å². The van der Waals surface area contributed by atoms with Gasteiger partial charge in [-0.1, -0.05) is 23.8 Å². The fourth-order valence-electron chi connectivity index (χ4n) is 1.99. The second-order valence-corrected chi connectivity index (χ2v) is 6.78. The maximum atomic E-state index is 12.5. The van der Waals surface area contributed by atoms with E-state index in [2.05, 4.69) is 23.3 Å². The number of rotatable bonds is 7. The highest BCUT2D eigenvalue weighted by molar-refractivity contribution is 7.80. The Morgan fingerprint density at radius 2 is 1.92 bits per heavy atom. The molecular formula is C18H18N2O4S2. The molecule has 2 aromatic rings. The van der Waals surface area contributed by atoms with Crippen LogP contribution < -0.4 is 10.6 Å². The van der Waals surface area contributed by atoms with Crippen LogP contribution in [0.25, 0.3) is 6.08 Å². The molecule has 2 amide bonds. The van der Waals surface area contributed by atoms with Gasteiger partial charge in [0.1, 0.15) is 11.7 Å². The van der Waals surface area contributed by atoms with Gasteiger partial charge in [0.05, 0.1) is 0 Å². The number of carboxylic acid groups (broad SMARTS) is 1. The van der Waals surface area contributed by atoms with Gasteiger partial charge in [-0.25, -0.2) is 4.79 Å². The van der Waals surface area contributed by atoms with Gasteiger partial charge in [0.25, 0.3) is 11.8 Å². The quantitative estimate of drug-likeness (QED) is 0.431. The van der Waals surface area contributed by atoms with Crippen LogP contribution in [0.2, 0.25) is 0 Å². The maximum absolute atomic E-state index is 12.5. The van der Waals surface area contributed by atoms with E-state index in [1.807, 2.05) is 18.4 Å². The molecule has 0 saturated heterocycles. The van der Waals surface area contributed by atoms with Crippen molar-refractivity contribution >= 4 is 47.8 Å². The molecule has 0 aliphatic carbocycles. The average molecular weight is 390 g/mol. The van der Waals surface area contributed by atoms with Crippen LogP contribution in [0.5, 0.6) is 0 Å². The number of hydrogen-bond acceptors (Lipinski definition) is 5. The van der Waals surface area contributed by atoms with Crippen LogP contribution in [0.15, 0.2) is 47.5 Å². The summed E-state index contributed by atoms with van der Waals surface area (Å²) in [5.41, 5.74) is 1.36. The second-order valence-electron chi connectivity index (χ2n) is 5.44. The lowest BCUT2D eigenvalue weighted by molar-refractivity contribution is -0.140. The van der Waals surface area contributed by atoms with Crippen molar-refractivity contribution in [2.45, 2.75) is 13.0 Å². The molecule has 136 valence electrons. The fraction of sp³-hybridized carbons (Fsp3) is 0.167. The Labute approximate surface area is 160 Å². The summed E-state index contributed by atoms with van der Waals surface area (Å²) < 4.78 is 0. The molecule has 0 bridgehead atoms. The van der Waals surface area contributed by atoms with Crippen LogP contribution in [0.4, 0.5) is 0 Å². The van der Waals surface area contributed by atoms with Crippen molar-refractivity contribution in [3.63, 3.8) is 0 Å². The van der Waals surface area contributed by atoms with Crippen molar-refractivity contribution in [2.24, 2.45) is 0 Å². The molecular weight excluding hydrogens is 372 g/mol. The number of thiophene rings is 1. The highest BCUT2D eigenvalue weighted by Crippen LogP contribution is 2.13. The van der Waals surface area contributed by atoms with Gasteiger partial charge in [0.15, 0.2) is 0 Å². The molecule has 0 spiro atoms. The smallest absolute Gasteiger partial charge is 0.327 e. The molecule has 1 atom stereocenters. The minimum atomic E-state index is -1.20. The lowest BCUT2D eigenvalue weighted by Crippen LogP contribution is -2.45. The first-order valence-corrected chi connectivity index (χ1v) is 9.19. The number of aryl methyl sites for hydroxylation is 1. The molecule has 1 aromatic heterocycles. The zero-order valence-electron chi connectivity index (χ0n) is 13.9. The monoisotopic (exact) mass is 390 g/mol. The number of aliphatic carboxylic acids is 1. The molecule has 2 rings (SSSR count). The van der Waals surface area contributed by atoms with Crippen molar-refractivity contribution in [1.82, 2.24) is 10.6 Å². The summed E-state index contributed by atoms with van der Waals surface area (Å²) in [5.74, 6) is -2.42. The number of carboxylic acids is 1. The van der Waals surface area contributed by atoms with Crippen LogP contribution in [-0.4, -0.2) is 34.7 Å². The standard InChI is InChI=1S/C18H18N2O4S2/c1-11-4-6-12(7-5-11)16(21)19-14(9-13-3-2-8-26-13)17(22)20-15(10-25)18(23)24/h2-9,15,25H,10H2,1H3,(H,19,21)(H,20,22)(H,23,24)/b14-9-/t15-/m1/s1. The summed E-state index contributed by atoms with van der Waals surface area (Å²) in [6.45, 7) is 1.90. The SMILES string of the molecule is Cc1ccc(C(=O)N/C(=C\c2cccs2)C(=O)N[C@H](CS)C(=O)O)cc1. The molecule has 3 N–H and O–H groups in total. The van der Waals surface area contributed by atoms with E-state index in [1.54, 1.807) is 30.3 Å². The van der Waals surface area contributed by atoms with Gasteiger partial charge in [0.2, 0.25) is 0 Å². The highest BCUT2D eigenvalue weighted by Gasteiger charge is 2.22. The summed E-state index contributed by atoms with van der Waals surface area (Å²) in [6, 6.07) is 9.31. The van der Waals surface area contributed by atoms with E-state index in [4.69, 9.17) is 5.11 Å². The Hall–Kier alpha value is -2.58. The molecule has 0 unspecified atom stereocenters. The number of hydrogen-bond donors (Lipinski definition) is 4. The summed E-state index contributed by atoms with van der Waals surface area (Å²) in [7, 11) is 0. The normalized spacial score (nSPS) is 12.3. The van der Waals surface area contributed by atoms with Gasteiger partial charge in [-0.3, -0.25) is 9.59 Å². The first kappa shape index (κ1) is 19.7. The zero-order valence-corrected chi connectivity index (χ0v) is 15.6. The van der Waals surface area contributed by atoms with E-state index < -0.39 is 23.8 Å². The van der Waals surface area contributed by atoms with Crippen molar-refractivity contribution in [3.8, 4) is 0 Å². The fourth-order valence-corrected chi connectivity index (χ4v) is 2.90. The van der Waals surface area contributed by atoms with E-state index in [-0.39, 0.29) is 11.4 Å². The third kappa shape index (κ3) is 5.47. The van der Waals surface area contributed by atoms with Crippen molar-refractivity contribution in [3.05, 3.63) is 63.5 Å². The molecule has 0 aliphatic rings. The molecule has 0 saturated carbocycles. The minimum absolute atomic E-state index is 0.0361. The molecule has 0 radical (unpaired) electrons. The van der Waals surface area contributed by atoms with Crippen LogP contribution >= 0.6 is 24.0 Å². The van der Waals surface area contributed by atoms with E-state index in [9.17, 15) is 14.4 Å². The molecule has 0 aliphatic heterocycles. The topological polar surface area (TPSA) is 95.5 Å². The van der Waals surface area contributed by atoms with Crippen LogP contribution in [-0.2, 0) is 9.59 Å². The number of amides is 2. The summed E-state index contributed by atoms with van der Waals surface area (Å²) >= 11 is 5.31. The first-order chi connectivity index (χ1) is 12.4. The van der Waals surface area contributed by atoms with Crippen molar-refractivity contribution in [1.29, 1.82) is 0 Å². The molecule has 1 aromatic carbocycles. The Bertz CT molecular complexity index is 814. The Kier molecular flexibility index (Phi) is 6.99. The van der Waals surface area contributed by atoms with Gasteiger partial charge >= 0.3 is 5.97 Å². The predicted molar refractivity (Wildman–Crippen MR) is 104 cm³/mol. The van der Waals surface area contributed by atoms with E-state index >= 15 is 0 Å². The number of carbonyl (C=O) groups excluding carboxylic acids is 2. The van der Waals surface area contributed by atoms with E-state index in [0.29, 0.717) is 5.56 Å². The molecule has 0 fully saturated rings. The molecule has 26 heavy (non-hydrogen) atoms. The number of thiol groups is 1. The van der Waals surface area contributed by atoms with E-state index in [0.717, 1.165) is 10.4 Å².